The van der Waals surface area contributed by atoms with Crippen molar-refractivity contribution in [1.82, 2.24) is 15.1 Å². The Hall–Kier alpha value is -2.90. The van der Waals surface area contributed by atoms with Crippen molar-refractivity contribution in [1.29, 1.82) is 0 Å². The molecule has 0 saturated carbocycles. The van der Waals surface area contributed by atoms with Crippen LogP contribution in [0.5, 0.6) is 11.5 Å². The van der Waals surface area contributed by atoms with Gasteiger partial charge in [0, 0.05) is 31.2 Å². The first-order chi connectivity index (χ1) is 15.0. The highest BCUT2D eigenvalue weighted by molar-refractivity contribution is 5.43. The molecule has 1 saturated heterocycles. The fourth-order valence-electron chi connectivity index (χ4n) is 4.10. The molecule has 2 atom stereocenters. The minimum absolute atomic E-state index is 0.157. The van der Waals surface area contributed by atoms with Gasteiger partial charge in [-0.2, -0.15) is 5.10 Å². The SMILES string of the molecule is COc1ccc(CN2CC(O)C(Cc3cc(C)[nH]n3)C2)cc1OCc1cccc(F)c1. The molecule has 31 heavy (non-hydrogen) atoms. The summed E-state index contributed by atoms with van der Waals surface area (Å²) in [6.45, 7) is 4.36. The van der Waals surface area contributed by atoms with Crippen molar-refractivity contribution in [2.45, 2.75) is 32.6 Å². The van der Waals surface area contributed by atoms with Gasteiger partial charge in [0.1, 0.15) is 12.4 Å². The lowest BCUT2D eigenvalue weighted by Crippen LogP contribution is -2.21. The third kappa shape index (κ3) is 5.42. The third-order valence-corrected chi connectivity index (χ3v) is 5.63. The summed E-state index contributed by atoms with van der Waals surface area (Å²) in [5, 5.41) is 17.8. The molecule has 4 rings (SSSR count). The molecule has 1 fully saturated rings. The van der Waals surface area contributed by atoms with E-state index in [1.807, 2.05) is 37.3 Å². The van der Waals surface area contributed by atoms with E-state index in [0.29, 0.717) is 24.6 Å². The Morgan fingerprint density at radius 3 is 2.74 bits per heavy atom. The summed E-state index contributed by atoms with van der Waals surface area (Å²) in [5.74, 6) is 1.12. The standard InChI is InChI=1S/C24H28FN3O3/c1-16-8-21(27-26-16)11-19-13-28(14-22(19)29)12-17-6-7-23(30-2)24(10-17)31-15-18-4-3-5-20(25)9-18/h3-10,19,22,29H,11-15H2,1-2H3,(H,26,27). The molecule has 0 amide bonds. The number of rotatable bonds is 8. The van der Waals surface area contributed by atoms with Gasteiger partial charge in [0.25, 0.3) is 0 Å². The quantitative estimate of drug-likeness (QED) is 0.578. The molecule has 1 aliphatic rings. The monoisotopic (exact) mass is 425 g/mol. The number of H-pyrrole nitrogens is 1. The largest absolute Gasteiger partial charge is 0.493 e. The summed E-state index contributed by atoms with van der Waals surface area (Å²) < 4.78 is 24.8. The molecule has 0 spiro atoms. The highest BCUT2D eigenvalue weighted by Gasteiger charge is 2.31. The number of ether oxygens (including phenoxy) is 2. The number of aromatic amines is 1. The number of halogens is 1. The van der Waals surface area contributed by atoms with Crippen molar-refractivity contribution in [3.05, 3.63) is 76.9 Å². The summed E-state index contributed by atoms with van der Waals surface area (Å²) in [6.07, 6.45) is 0.381. The fraction of sp³-hybridized carbons (Fsp3) is 0.375. The van der Waals surface area contributed by atoms with Gasteiger partial charge in [-0.1, -0.05) is 18.2 Å². The number of nitrogens with one attached hydrogen (secondary N) is 1. The lowest BCUT2D eigenvalue weighted by Gasteiger charge is -2.17. The van der Waals surface area contributed by atoms with E-state index in [9.17, 15) is 9.50 Å². The van der Waals surface area contributed by atoms with Crippen molar-refractivity contribution in [2.24, 2.45) is 5.92 Å². The Morgan fingerprint density at radius 2 is 2.00 bits per heavy atom. The molecule has 0 radical (unpaired) electrons. The predicted octanol–water partition coefficient (Wildman–Crippen LogP) is 3.48. The van der Waals surface area contributed by atoms with E-state index in [0.717, 1.165) is 35.5 Å². The van der Waals surface area contributed by atoms with Crippen molar-refractivity contribution in [2.75, 3.05) is 20.2 Å². The first-order valence-corrected chi connectivity index (χ1v) is 10.5. The smallest absolute Gasteiger partial charge is 0.161 e. The normalized spacial score (nSPS) is 19.0. The average Bonchev–Trinajstić information content (AvgIpc) is 3.31. The number of hydrogen-bond donors (Lipinski definition) is 2. The molecular weight excluding hydrogens is 397 g/mol. The molecule has 2 heterocycles. The van der Waals surface area contributed by atoms with E-state index in [4.69, 9.17) is 9.47 Å². The second kappa shape index (κ2) is 9.49. The van der Waals surface area contributed by atoms with Crippen LogP contribution in [0.1, 0.15) is 22.5 Å². The Kier molecular flexibility index (Phi) is 6.53. The molecule has 3 aromatic rings. The van der Waals surface area contributed by atoms with Crippen molar-refractivity contribution >= 4 is 0 Å². The van der Waals surface area contributed by atoms with Crippen LogP contribution in [-0.4, -0.2) is 46.5 Å². The number of aromatic nitrogens is 2. The lowest BCUT2D eigenvalue weighted by atomic mass is 10.0. The van der Waals surface area contributed by atoms with Gasteiger partial charge >= 0.3 is 0 Å². The topological polar surface area (TPSA) is 70.6 Å². The number of aliphatic hydroxyl groups is 1. The van der Waals surface area contributed by atoms with E-state index in [-0.39, 0.29) is 24.4 Å². The molecule has 2 N–H and O–H groups in total. The van der Waals surface area contributed by atoms with Gasteiger partial charge in [-0.3, -0.25) is 10.00 Å². The Morgan fingerprint density at radius 1 is 1.13 bits per heavy atom. The van der Waals surface area contributed by atoms with Crippen molar-refractivity contribution < 1.29 is 19.0 Å². The van der Waals surface area contributed by atoms with Gasteiger partial charge in [0.2, 0.25) is 0 Å². The molecule has 1 aromatic heterocycles. The lowest BCUT2D eigenvalue weighted by molar-refractivity contribution is 0.140. The van der Waals surface area contributed by atoms with Gasteiger partial charge in [-0.15, -0.1) is 0 Å². The summed E-state index contributed by atoms with van der Waals surface area (Å²) in [6, 6.07) is 14.2. The Balaban J connectivity index is 1.39. The second-order valence-corrected chi connectivity index (χ2v) is 8.17. The summed E-state index contributed by atoms with van der Waals surface area (Å²) in [4.78, 5) is 2.24. The number of aryl methyl sites for hydroxylation is 1. The Labute approximate surface area is 181 Å². The summed E-state index contributed by atoms with van der Waals surface area (Å²) in [5.41, 5.74) is 3.84. The number of likely N-dealkylation sites (tertiary alicyclic amines) is 1. The maximum Gasteiger partial charge on any atom is 0.161 e. The highest BCUT2D eigenvalue weighted by Crippen LogP contribution is 2.30. The van der Waals surface area contributed by atoms with E-state index in [1.54, 1.807) is 13.2 Å². The minimum atomic E-state index is -0.376. The van der Waals surface area contributed by atoms with E-state index < -0.39 is 0 Å². The first kappa shape index (κ1) is 21.3. The van der Waals surface area contributed by atoms with Crippen molar-refractivity contribution in [3.8, 4) is 11.5 Å². The number of benzene rings is 2. The Bertz CT molecular complexity index is 1020. The molecule has 164 valence electrons. The number of nitrogens with zero attached hydrogens (tertiary/aromatic N) is 2. The van der Waals surface area contributed by atoms with Crippen LogP contribution < -0.4 is 9.47 Å². The molecule has 1 aliphatic heterocycles. The fourth-order valence-corrected chi connectivity index (χ4v) is 4.10. The molecule has 0 aliphatic carbocycles. The zero-order valence-electron chi connectivity index (χ0n) is 17.8. The van der Waals surface area contributed by atoms with Gasteiger partial charge in [0.05, 0.1) is 18.9 Å². The van der Waals surface area contributed by atoms with Crippen LogP contribution in [0.4, 0.5) is 4.39 Å². The van der Waals surface area contributed by atoms with Gasteiger partial charge in [0.15, 0.2) is 11.5 Å². The zero-order chi connectivity index (χ0) is 21.8. The number of β-amino-alcohol motifs (C(OH)–C–C–N with tert-alkyl or cyclic N) is 1. The van der Waals surface area contributed by atoms with Crippen molar-refractivity contribution in [3.63, 3.8) is 0 Å². The third-order valence-electron chi connectivity index (χ3n) is 5.63. The van der Waals surface area contributed by atoms with E-state index >= 15 is 0 Å². The van der Waals surface area contributed by atoms with E-state index in [2.05, 4.69) is 15.1 Å². The van der Waals surface area contributed by atoms with Crippen LogP contribution in [0.15, 0.2) is 48.5 Å². The molecule has 2 aromatic carbocycles. The van der Waals surface area contributed by atoms with Crippen LogP contribution in [-0.2, 0) is 19.6 Å². The number of aliphatic hydroxyl groups excluding tert-OH is 1. The number of methoxy groups -OCH3 is 1. The highest BCUT2D eigenvalue weighted by atomic mass is 19.1. The summed E-state index contributed by atoms with van der Waals surface area (Å²) in [7, 11) is 1.60. The van der Waals surface area contributed by atoms with Gasteiger partial charge in [-0.25, -0.2) is 4.39 Å². The summed E-state index contributed by atoms with van der Waals surface area (Å²) >= 11 is 0. The molecular formula is C24H28FN3O3. The molecule has 6 nitrogen and oxygen atoms in total. The van der Waals surface area contributed by atoms with E-state index in [1.165, 1.54) is 12.1 Å². The molecule has 0 bridgehead atoms. The average molecular weight is 426 g/mol. The maximum atomic E-state index is 13.4. The van der Waals surface area contributed by atoms with Gasteiger partial charge in [-0.05, 0) is 54.8 Å². The van der Waals surface area contributed by atoms with Crippen LogP contribution >= 0.6 is 0 Å². The van der Waals surface area contributed by atoms with Crippen LogP contribution in [0.25, 0.3) is 0 Å². The predicted molar refractivity (Wildman–Crippen MR) is 116 cm³/mol. The minimum Gasteiger partial charge on any atom is -0.493 e. The zero-order valence-corrected chi connectivity index (χ0v) is 17.8. The first-order valence-electron chi connectivity index (χ1n) is 10.5. The molecule has 7 heteroatoms. The maximum absolute atomic E-state index is 13.4. The molecule has 2 unspecified atom stereocenters. The second-order valence-electron chi connectivity index (χ2n) is 8.17. The number of hydrogen-bond acceptors (Lipinski definition) is 5. The van der Waals surface area contributed by atoms with Crippen LogP contribution in [0, 0.1) is 18.7 Å². The van der Waals surface area contributed by atoms with Crippen LogP contribution in [0.2, 0.25) is 0 Å². The van der Waals surface area contributed by atoms with Crippen LogP contribution in [0.3, 0.4) is 0 Å². The van der Waals surface area contributed by atoms with Gasteiger partial charge < -0.3 is 14.6 Å².